The number of fused-ring (bicyclic) bond motifs is 1. The summed E-state index contributed by atoms with van der Waals surface area (Å²) in [6, 6.07) is 3.21. The number of carbonyl (C=O) groups excluding carboxylic acids is 2. The Morgan fingerprint density at radius 3 is 2.74 bits per heavy atom. The zero-order chi connectivity index (χ0) is 18.8. The van der Waals surface area contributed by atoms with E-state index in [2.05, 4.69) is 20.5 Å². The van der Waals surface area contributed by atoms with Gasteiger partial charge in [0.05, 0.1) is 11.4 Å². The van der Waals surface area contributed by atoms with Crippen molar-refractivity contribution in [1.82, 2.24) is 15.2 Å². The molecule has 2 N–H and O–H groups in total. The SMILES string of the molecule is CC(=O)c1cc2c(cc1NC(=O)CSc1n[nH]c(C3CCCC3)n1)OCO2. The summed E-state index contributed by atoms with van der Waals surface area (Å²) in [5.74, 6) is 2.12. The van der Waals surface area contributed by atoms with Crippen LogP contribution in [0.25, 0.3) is 0 Å². The lowest BCUT2D eigenvalue weighted by molar-refractivity contribution is -0.113. The molecule has 1 aromatic carbocycles. The fourth-order valence-corrected chi connectivity index (χ4v) is 3.96. The maximum Gasteiger partial charge on any atom is 0.234 e. The predicted octanol–water partition coefficient (Wildman–Crippen LogP) is 3.12. The van der Waals surface area contributed by atoms with Gasteiger partial charge in [0.15, 0.2) is 17.3 Å². The summed E-state index contributed by atoms with van der Waals surface area (Å²) >= 11 is 1.26. The van der Waals surface area contributed by atoms with Gasteiger partial charge in [-0.3, -0.25) is 14.7 Å². The molecule has 1 amide bonds. The highest BCUT2D eigenvalue weighted by molar-refractivity contribution is 7.99. The van der Waals surface area contributed by atoms with Gasteiger partial charge in [0.1, 0.15) is 5.82 Å². The van der Waals surface area contributed by atoms with Crippen LogP contribution in [-0.4, -0.2) is 39.4 Å². The summed E-state index contributed by atoms with van der Waals surface area (Å²) in [5, 5.41) is 10.5. The van der Waals surface area contributed by atoms with Gasteiger partial charge in [-0.2, -0.15) is 0 Å². The van der Waals surface area contributed by atoms with Crippen LogP contribution in [0.4, 0.5) is 5.69 Å². The molecular formula is C18H20N4O4S. The number of aromatic amines is 1. The maximum atomic E-state index is 12.3. The van der Waals surface area contributed by atoms with Gasteiger partial charge >= 0.3 is 0 Å². The third kappa shape index (κ3) is 3.92. The van der Waals surface area contributed by atoms with Crippen LogP contribution in [0.15, 0.2) is 17.3 Å². The van der Waals surface area contributed by atoms with E-state index in [1.54, 1.807) is 12.1 Å². The molecule has 0 atom stereocenters. The van der Waals surface area contributed by atoms with E-state index < -0.39 is 0 Å². The molecule has 1 aliphatic heterocycles. The number of anilines is 1. The minimum atomic E-state index is -0.242. The molecule has 0 radical (unpaired) electrons. The molecule has 1 aromatic heterocycles. The first kappa shape index (κ1) is 17.8. The van der Waals surface area contributed by atoms with Gasteiger partial charge < -0.3 is 14.8 Å². The van der Waals surface area contributed by atoms with Crippen LogP contribution in [0.3, 0.4) is 0 Å². The van der Waals surface area contributed by atoms with Crippen molar-refractivity contribution in [1.29, 1.82) is 0 Å². The highest BCUT2D eigenvalue weighted by atomic mass is 32.2. The first-order valence-electron chi connectivity index (χ1n) is 8.89. The van der Waals surface area contributed by atoms with Crippen LogP contribution < -0.4 is 14.8 Å². The molecule has 1 aliphatic carbocycles. The standard InChI is InChI=1S/C18H20N4O4S/c1-10(23)12-6-14-15(26-9-25-14)7-13(12)19-16(24)8-27-18-20-17(21-22-18)11-4-2-3-5-11/h6-7,11H,2-5,8-9H2,1H3,(H,19,24)(H,20,21,22). The van der Waals surface area contributed by atoms with Crippen molar-refractivity contribution in [2.75, 3.05) is 17.9 Å². The molecule has 2 aromatic rings. The molecule has 1 saturated carbocycles. The van der Waals surface area contributed by atoms with E-state index in [4.69, 9.17) is 9.47 Å². The lowest BCUT2D eigenvalue weighted by Gasteiger charge is -2.10. The van der Waals surface area contributed by atoms with Gasteiger partial charge in [0.2, 0.25) is 17.9 Å². The Morgan fingerprint density at radius 2 is 2.00 bits per heavy atom. The van der Waals surface area contributed by atoms with Crippen molar-refractivity contribution in [3.8, 4) is 11.5 Å². The number of hydrogen-bond acceptors (Lipinski definition) is 7. The number of nitrogens with one attached hydrogen (secondary N) is 2. The first-order valence-corrected chi connectivity index (χ1v) is 9.88. The van der Waals surface area contributed by atoms with Crippen LogP contribution in [0.1, 0.15) is 54.7 Å². The summed E-state index contributed by atoms with van der Waals surface area (Å²) in [6.07, 6.45) is 4.73. The van der Waals surface area contributed by atoms with Crippen molar-refractivity contribution in [2.24, 2.45) is 0 Å². The third-order valence-corrected chi connectivity index (χ3v) is 5.57. The number of H-pyrrole nitrogens is 1. The van der Waals surface area contributed by atoms with Crippen LogP contribution in [0.2, 0.25) is 0 Å². The molecular weight excluding hydrogens is 368 g/mol. The number of ether oxygens (including phenoxy) is 2. The number of aromatic nitrogens is 3. The lowest BCUT2D eigenvalue weighted by atomic mass is 10.1. The number of benzene rings is 1. The number of thioether (sulfide) groups is 1. The molecule has 27 heavy (non-hydrogen) atoms. The summed E-state index contributed by atoms with van der Waals surface area (Å²) in [4.78, 5) is 28.7. The van der Waals surface area contributed by atoms with Gasteiger partial charge in [0, 0.05) is 17.5 Å². The van der Waals surface area contributed by atoms with Crippen molar-refractivity contribution in [2.45, 2.75) is 43.7 Å². The van der Waals surface area contributed by atoms with E-state index in [1.807, 2.05) is 0 Å². The lowest BCUT2D eigenvalue weighted by Crippen LogP contribution is -2.16. The fraction of sp³-hybridized carbons (Fsp3) is 0.444. The van der Waals surface area contributed by atoms with Gasteiger partial charge in [0.25, 0.3) is 0 Å². The number of hydrogen-bond donors (Lipinski definition) is 2. The molecule has 8 nitrogen and oxygen atoms in total. The molecule has 0 bridgehead atoms. The third-order valence-electron chi connectivity index (χ3n) is 4.72. The van der Waals surface area contributed by atoms with E-state index in [9.17, 15) is 9.59 Å². The van der Waals surface area contributed by atoms with Crippen molar-refractivity contribution in [3.05, 3.63) is 23.5 Å². The van der Waals surface area contributed by atoms with Crippen LogP contribution >= 0.6 is 11.8 Å². The molecule has 4 rings (SSSR count). The second kappa shape index (κ2) is 7.59. The quantitative estimate of drug-likeness (QED) is 0.578. The monoisotopic (exact) mass is 388 g/mol. The molecule has 142 valence electrons. The van der Waals surface area contributed by atoms with Gasteiger partial charge in [-0.25, -0.2) is 4.98 Å². The number of rotatable bonds is 6. The molecule has 0 unspecified atom stereocenters. The Balaban J connectivity index is 1.39. The largest absolute Gasteiger partial charge is 0.454 e. The average molecular weight is 388 g/mol. The Labute approximate surface area is 160 Å². The zero-order valence-corrected chi connectivity index (χ0v) is 15.7. The highest BCUT2D eigenvalue weighted by Gasteiger charge is 2.22. The van der Waals surface area contributed by atoms with Crippen LogP contribution in [0, 0.1) is 0 Å². The van der Waals surface area contributed by atoms with Crippen LogP contribution in [-0.2, 0) is 4.79 Å². The van der Waals surface area contributed by atoms with Gasteiger partial charge in [-0.05, 0) is 25.8 Å². The van der Waals surface area contributed by atoms with Crippen molar-refractivity contribution >= 4 is 29.1 Å². The second-order valence-corrected chi connectivity index (χ2v) is 7.57. The Kier molecular flexibility index (Phi) is 5.02. The smallest absolute Gasteiger partial charge is 0.234 e. The van der Waals surface area contributed by atoms with Crippen LogP contribution in [0.5, 0.6) is 11.5 Å². The van der Waals surface area contributed by atoms with Gasteiger partial charge in [-0.15, -0.1) is 5.10 Å². The van der Waals surface area contributed by atoms with Crippen molar-refractivity contribution < 1.29 is 19.1 Å². The highest BCUT2D eigenvalue weighted by Crippen LogP contribution is 2.37. The predicted molar refractivity (Wildman–Crippen MR) is 99.5 cm³/mol. The molecule has 9 heteroatoms. The molecule has 2 heterocycles. The summed E-state index contributed by atoms with van der Waals surface area (Å²) in [7, 11) is 0. The maximum absolute atomic E-state index is 12.3. The number of amides is 1. The van der Waals surface area contributed by atoms with E-state index in [-0.39, 0.29) is 24.2 Å². The summed E-state index contributed by atoms with van der Waals surface area (Å²) < 4.78 is 10.6. The van der Waals surface area contributed by atoms with E-state index >= 15 is 0 Å². The number of Topliss-reactive ketones (excluding diaryl/α,β-unsaturated/α-hetero) is 1. The number of carbonyl (C=O) groups is 2. The zero-order valence-electron chi connectivity index (χ0n) is 14.9. The van der Waals surface area contributed by atoms with Crippen molar-refractivity contribution in [3.63, 3.8) is 0 Å². The Bertz CT molecular complexity index is 876. The Morgan fingerprint density at radius 1 is 1.26 bits per heavy atom. The minimum absolute atomic E-state index is 0.105. The van der Waals surface area contributed by atoms with E-state index in [0.29, 0.717) is 33.8 Å². The topological polar surface area (TPSA) is 106 Å². The average Bonchev–Trinajstić information content (AvgIpc) is 3.38. The number of ketones is 1. The summed E-state index contributed by atoms with van der Waals surface area (Å²) in [6.45, 7) is 1.55. The molecule has 2 aliphatic rings. The second-order valence-electron chi connectivity index (χ2n) is 6.63. The molecule has 1 fully saturated rings. The Hall–Kier alpha value is -2.55. The van der Waals surface area contributed by atoms with Gasteiger partial charge in [-0.1, -0.05) is 24.6 Å². The normalized spacial score (nSPS) is 15.9. The first-order chi connectivity index (χ1) is 13.1. The molecule has 0 saturated heterocycles. The summed E-state index contributed by atoms with van der Waals surface area (Å²) in [5.41, 5.74) is 0.804. The molecule has 0 spiro atoms. The number of nitrogens with zero attached hydrogens (tertiary/aromatic N) is 2. The minimum Gasteiger partial charge on any atom is -0.454 e. The fourth-order valence-electron chi connectivity index (χ4n) is 3.36. The van der Waals surface area contributed by atoms with E-state index in [0.717, 1.165) is 18.7 Å². The van der Waals surface area contributed by atoms with E-state index in [1.165, 1.54) is 31.5 Å².